The van der Waals surface area contributed by atoms with E-state index in [1.807, 2.05) is 6.07 Å². The third-order valence-electron chi connectivity index (χ3n) is 8.31. The van der Waals surface area contributed by atoms with Crippen molar-refractivity contribution in [3.63, 3.8) is 0 Å². The number of nitrogens with one attached hydrogen (secondary N) is 1. The topological polar surface area (TPSA) is 69.3 Å². The van der Waals surface area contributed by atoms with Crippen molar-refractivity contribution >= 4 is 30.7 Å². The van der Waals surface area contributed by atoms with Crippen molar-refractivity contribution in [3.05, 3.63) is 23.8 Å². The first kappa shape index (κ1) is 39.8. The number of hydrogen-bond donors (Lipinski definition) is 1. The van der Waals surface area contributed by atoms with E-state index in [1.54, 1.807) is 14.2 Å². The number of methoxy groups -OCH3 is 2. The number of amides is 1. The monoisotopic (exact) mass is 620 g/mol. The normalized spacial score (nSPS) is 14.0. The second kappa shape index (κ2) is 22.3. The van der Waals surface area contributed by atoms with E-state index in [1.165, 1.54) is 5.56 Å². The van der Waals surface area contributed by atoms with Crippen LogP contribution in [0.3, 0.4) is 0 Å². The van der Waals surface area contributed by atoms with Crippen molar-refractivity contribution < 1.29 is 23.7 Å². The molecule has 1 heterocycles. The second-order valence-electron chi connectivity index (χ2n) is 11.5. The number of benzene rings is 1. The highest BCUT2D eigenvalue weighted by Crippen LogP contribution is 2.41. The number of nitrogens with zero attached hydrogens (tertiary/aromatic N) is 1. The number of carbonyl (C=O) groups is 1. The molecule has 0 saturated carbocycles. The Bertz CT molecular complexity index is 811. The van der Waals surface area contributed by atoms with Gasteiger partial charge in [-0.3, -0.25) is 9.69 Å². The highest BCUT2D eigenvalue weighted by Gasteiger charge is 2.43. The van der Waals surface area contributed by atoms with Crippen LogP contribution in [0.1, 0.15) is 78.2 Å². The Kier molecular flexibility index (Phi) is 21.6. The van der Waals surface area contributed by atoms with Crippen LogP contribution in [-0.4, -0.2) is 77.6 Å². The Hall–Kier alpha value is -1.25. The lowest BCUT2D eigenvalue weighted by atomic mass is 9.65. The molecule has 0 radical (unpaired) electrons. The van der Waals surface area contributed by atoms with Crippen LogP contribution < -0.4 is 14.8 Å². The first-order chi connectivity index (χ1) is 18.8. The van der Waals surface area contributed by atoms with Crippen LogP contribution in [0.25, 0.3) is 0 Å². The number of rotatable bonds is 20. The molecule has 0 spiro atoms. The van der Waals surface area contributed by atoms with E-state index < -0.39 is 0 Å². The van der Waals surface area contributed by atoms with Gasteiger partial charge in [0, 0.05) is 39.8 Å². The van der Waals surface area contributed by atoms with E-state index in [0.717, 1.165) is 102 Å². The molecule has 1 saturated heterocycles. The highest BCUT2D eigenvalue weighted by molar-refractivity contribution is 5.85. The van der Waals surface area contributed by atoms with Crippen LogP contribution >= 0.6 is 24.8 Å². The quantitative estimate of drug-likeness (QED) is 0.166. The Labute approximate surface area is 262 Å². The molecule has 0 aromatic heterocycles. The number of ether oxygens (including phenoxy) is 4. The third kappa shape index (κ3) is 13.3. The predicted octanol–water partition coefficient (Wildman–Crippen LogP) is 6.58. The van der Waals surface area contributed by atoms with Gasteiger partial charge < -0.3 is 24.3 Å². The molecular formula is C32H58Cl2N2O5. The molecule has 2 rings (SSSR count). The highest BCUT2D eigenvalue weighted by atomic mass is 35.5. The average Bonchev–Trinajstić information content (AvgIpc) is 2.93. The summed E-state index contributed by atoms with van der Waals surface area (Å²) in [6.07, 6.45) is 8.30. The molecule has 0 atom stereocenters. The van der Waals surface area contributed by atoms with Gasteiger partial charge in [0.05, 0.1) is 32.3 Å². The van der Waals surface area contributed by atoms with Gasteiger partial charge in [-0.1, -0.05) is 53.0 Å². The molecule has 1 aliphatic rings. The molecule has 1 fully saturated rings. The summed E-state index contributed by atoms with van der Waals surface area (Å²) in [4.78, 5) is 16.0. The zero-order valence-corrected chi connectivity index (χ0v) is 28.1. The number of morpholine rings is 1. The van der Waals surface area contributed by atoms with Gasteiger partial charge in [-0.05, 0) is 61.8 Å². The van der Waals surface area contributed by atoms with Crippen molar-refractivity contribution in [2.45, 2.75) is 79.1 Å². The van der Waals surface area contributed by atoms with Crippen molar-refractivity contribution in [1.29, 1.82) is 0 Å². The zero-order chi connectivity index (χ0) is 28.5. The number of unbranched alkanes of at least 4 members (excludes halogenated alkanes) is 3. The summed E-state index contributed by atoms with van der Waals surface area (Å²) in [7, 11) is 3.38. The van der Waals surface area contributed by atoms with Crippen molar-refractivity contribution in [2.75, 3.05) is 66.8 Å². The lowest BCUT2D eigenvalue weighted by Crippen LogP contribution is -2.48. The fourth-order valence-electron chi connectivity index (χ4n) is 5.85. The zero-order valence-electron chi connectivity index (χ0n) is 26.5. The predicted molar refractivity (Wildman–Crippen MR) is 173 cm³/mol. The summed E-state index contributed by atoms with van der Waals surface area (Å²) in [5.74, 6) is 2.43. The van der Waals surface area contributed by atoms with E-state index in [4.69, 9.17) is 18.9 Å². The Morgan fingerprint density at radius 1 is 0.927 bits per heavy atom. The van der Waals surface area contributed by atoms with E-state index >= 15 is 0 Å². The second-order valence-corrected chi connectivity index (χ2v) is 11.5. The largest absolute Gasteiger partial charge is 0.493 e. The van der Waals surface area contributed by atoms with Crippen LogP contribution in [0.15, 0.2) is 18.2 Å². The minimum Gasteiger partial charge on any atom is -0.493 e. The number of carbonyl (C=O) groups excluding carboxylic acids is 1. The van der Waals surface area contributed by atoms with Gasteiger partial charge in [-0.25, -0.2) is 0 Å². The fraction of sp³-hybridized carbons (Fsp3) is 0.781. The number of aryl methyl sites for hydroxylation is 1. The first-order valence-electron chi connectivity index (χ1n) is 15.2. The molecule has 1 N–H and O–H groups in total. The lowest BCUT2D eigenvalue weighted by Gasteiger charge is -2.40. The van der Waals surface area contributed by atoms with E-state index in [2.05, 4.69) is 50.0 Å². The first-order valence-corrected chi connectivity index (χ1v) is 15.2. The minimum absolute atomic E-state index is 0. The Morgan fingerprint density at radius 2 is 1.61 bits per heavy atom. The maximum absolute atomic E-state index is 13.5. The van der Waals surface area contributed by atoms with Gasteiger partial charge in [0.1, 0.15) is 0 Å². The number of halogens is 2. The standard InChI is InChI=1S/C32H56N2O5.2ClH/c1-26(2)32(27(3)4,31(35)33-17-11-18-34-19-23-38-24-20-34)16-10-8-7-9-13-28-14-15-29(37-6)30(25-28)39-22-12-21-36-5;;/h14-15,25-27H,7-13,16-24H2,1-6H3,(H,33,35);2*1H. The summed E-state index contributed by atoms with van der Waals surface area (Å²) < 4.78 is 21.9. The van der Waals surface area contributed by atoms with Gasteiger partial charge in [0.15, 0.2) is 11.5 Å². The van der Waals surface area contributed by atoms with Crippen LogP contribution in [-0.2, 0) is 20.7 Å². The molecule has 240 valence electrons. The molecule has 1 amide bonds. The molecule has 1 aromatic carbocycles. The van der Waals surface area contributed by atoms with Gasteiger partial charge in [-0.15, -0.1) is 24.8 Å². The Balaban J connectivity index is 0.00000800. The van der Waals surface area contributed by atoms with Gasteiger partial charge in [-0.2, -0.15) is 0 Å². The maximum Gasteiger partial charge on any atom is 0.226 e. The van der Waals surface area contributed by atoms with Crippen LogP contribution in [0, 0.1) is 17.3 Å². The lowest BCUT2D eigenvalue weighted by molar-refractivity contribution is -0.137. The smallest absolute Gasteiger partial charge is 0.226 e. The van der Waals surface area contributed by atoms with Gasteiger partial charge in [0.25, 0.3) is 0 Å². The van der Waals surface area contributed by atoms with E-state index in [0.29, 0.717) is 25.0 Å². The van der Waals surface area contributed by atoms with E-state index in [-0.39, 0.29) is 36.1 Å². The average molecular weight is 622 g/mol. The fourth-order valence-corrected chi connectivity index (χ4v) is 5.85. The molecule has 9 heteroatoms. The molecule has 7 nitrogen and oxygen atoms in total. The molecule has 0 aliphatic carbocycles. The van der Waals surface area contributed by atoms with Crippen molar-refractivity contribution in [2.24, 2.45) is 17.3 Å². The molecule has 1 aliphatic heterocycles. The number of hydrogen-bond acceptors (Lipinski definition) is 6. The van der Waals surface area contributed by atoms with E-state index in [9.17, 15) is 4.79 Å². The Morgan fingerprint density at radius 3 is 2.24 bits per heavy atom. The van der Waals surface area contributed by atoms with Crippen molar-refractivity contribution in [3.8, 4) is 11.5 Å². The molecular weight excluding hydrogens is 563 g/mol. The summed E-state index contributed by atoms with van der Waals surface area (Å²) in [5.41, 5.74) is 0.956. The van der Waals surface area contributed by atoms with Crippen LogP contribution in [0.4, 0.5) is 0 Å². The van der Waals surface area contributed by atoms with Gasteiger partial charge >= 0.3 is 0 Å². The summed E-state index contributed by atoms with van der Waals surface area (Å²) in [6.45, 7) is 15.6. The maximum atomic E-state index is 13.5. The summed E-state index contributed by atoms with van der Waals surface area (Å²) >= 11 is 0. The minimum atomic E-state index is -0.315. The SMILES string of the molecule is COCCCOc1cc(CCCCCCC(C(=O)NCCCN2CCOCC2)(C(C)C)C(C)C)ccc1OC.Cl.Cl. The van der Waals surface area contributed by atoms with Crippen LogP contribution in [0.2, 0.25) is 0 Å². The molecule has 41 heavy (non-hydrogen) atoms. The molecule has 1 aromatic rings. The molecule has 0 unspecified atom stereocenters. The molecule has 0 bridgehead atoms. The third-order valence-corrected chi connectivity index (χ3v) is 8.31. The summed E-state index contributed by atoms with van der Waals surface area (Å²) in [6, 6.07) is 6.24. The van der Waals surface area contributed by atoms with Gasteiger partial charge in [0.2, 0.25) is 5.91 Å². The van der Waals surface area contributed by atoms with Crippen molar-refractivity contribution in [1.82, 2.24) is 10.2 Å². The van der Waals surface area contributed by atoms with Crippen LogP contribution in [0.5, 0.6) is 11.5 Å². The summed E-state index contributed by atoms with van der Waals surface area (Å²) in [5, 5.41) is 3.31.